The van der Waals surface area contributed by atoms with E-state index in [-0.39, 0.29) is 0 Å². The summed E-state index contributed by atoms with van der Waals surface area (Å²) in [4.78, 5) is 0.473. The van der Waals surface area contributed by atoms with Gasteiger partial charge in [-0.1, -0.05) is 59.3 Å². The molecule has 0 spiro atoms. The van der Waals surface area contributed by atoms with Crippen LogP contribution < -0.4 is 0 Å². The maximum Gasteiger partial charge on any atom is 0.0392 e. The summed E-state index contributed by atoms with van der Waals surface area (Å²) in [6.07, 6.45) is 2.21. The molecule has 0 radical (unpaired) electrons. The monoisotopic (exact) mass is 286 g/mol. The molecule has 1 aliphatic rings. The zero-order chi connectivity index (χ0) is 11.8. The Morgan fingerprint density at radius 2 is 1.82 bits per heavy atom. The molecule has 0 saturated heterocycles. The smallest absolute Gasteiger partial charge is 0.0392 e. The fourth-order valence-corrected chi connectivity index (χ4v) is 2.86. The number of rotatable bonds is 2. The van der Waals surface area contributed by atoms with E-state index in [4.69, 9.17) is 0 Å². The summed E-state index contributed by atoms with van der Waals surface area (Å²) in [6, 6.07) is 15.6. The van der Waals surface area contributed by atoms with Crippen LogP contribution in [0.1, 0.15) is 34.9 Å². The Kier molecular flexibility index (Phi) is 2.79. The van der Waals surface area contributed by atoms with Gasteiger partial charge in [0.15, 0.2) is 0 Å². The first-order valence-corrected chi connectivity index (χ1v) is 7.06. The van der Waals surface area contributed by atoms with Crippen LogP contribution in [-0.2, 0) is 6.42 Å². The van der Waals surface area contributed by atoms with Gasteiger partial charge in [-0.05, 0) is 46.7 Å². The molecule has 3 rings (SSSR count). The molecule has 17 heavy (non-hydrogen) atoms. The summed E-state index contributed by atoms with van der Waals surface area (Å²) in [5.74, 6) is 0. The molecule has 2 aromatic carbocycles. The first-order valence-electron chi connectivity index (χ1n) is 6.14. The van der Waals surface area contributed by atoms with E-state index in [2.05, 4.69) is 65.3 Å². The van der Waals surface area contributed by atoms with Crippen molar-refractivity contribution in [2.24, 2.45) is 0 Å². The summed E-state index contributed by atoms with van der Waals surface area (Å²) in [7, 11) is 0. The summed E-state index contributed by atoms with van der Waals surface area (Å²) in [5.41, 5.74) is 7.16. The normalized spacial score (nSPS) is 14.2. The number of hydrogen-bond donors (Lipinski definition) is 0. The van der Waals surface area contributed by atoms with Crippen molar-refractivity contribution in [2.75, 3.05) is 0 Å². The lowest BCUT2D eigenvalue weighted by atomic mass is 10.0. The van der Waals surface area contributed by atoms with Crippen molar-refractivity contribution < 1.29 is 0 Å². The van der Waals surface area contributed by atoms with Crippen molar-refractivity contribution in [1.29, 1.82) is 0 Å². The van der Waals surface area contributed by atoms with Crippen LogP contribution in [-0.4, -0.2) is 0 Å². The Morgan fingerprint density at radius 3 is 2.65 bits per heavy atom. The van der Waals surface area contributed by atoms with Crippen LogP contribution in [0.5, 0.6) is 0 Å². The fourth-order valence-electron chi connectivity index (χ4n) is 2.57. The van der Waals surface area contributed by atoms with Crippen molar-refractivity contribution in [3.63, 3.8) is 0 Å². The molecule has 1 atom stereocenters. The Morgan fingerprint density at radius 1 is 1.06 bits per heavy atom. The summed E-state index contributed by atoms with van der Waals surface area (Å²) in [5, 5.41) is 0. The molecule has 0 aromatic heterocycles. The maximum atomic E-state index is 3.73. The highest BCUT2D eigenvalue weighted by atomic mass is 79.9. The Bertz CT molecular complexity index is 557. The molecule has 0 bridgehead atoms. The molecule has 0 heterocycles. The molecular weight excluding hydrogens is 272 g/mol. The number of alkyl halides is 1. The predicted molar refractivity (Wildman–Crippen MR) is 76.6 cm³/mol. The second kappa shape index (κ2) is 4.30. The number of hydrogen-bond acceptors (Lipinski definition) is 0. The van der Waals surface area contributed by atoms with Gasteiger partial charge < -0.3 is 0 Å². The van der Waals surface area contributed by atoms with E-state index in [1.54, 1.807) is 0 Å². The van der Waals surface area contributed by atoms with Crippen molar-refractivity contribution in [3.05, 3.63) is 59.2 Å². The first-order chi connectivity index (χ1) is 8.29. The Labute approximate surface area is 111 Å². The van der Waals surface area contributed by atoms with Gasteiger partial charge in [0, 0.05) is 4.83 Å². The molecule has 2 aromatic rings. The molecule has 1 aliphatic carbocycles. The van der Waals surface area contributed by atoms with Crippen LogP contribution >= 0.6 is 15.9 Å². The van der Waals surface area contributed by atoms with Gasteiger partial charge in [-0.3, -0.25) is 0 Å². The first kappa shape index (κ1) is 11.0. The van der Waals surface area contributed by atoms with E-state index >= 15 is 0 Å². The van der Waals surface area contributed by atoms with Gasteiger partial charge in [-0.2, -0.15) is 0 Å². The highest BCUT2D eigenvalue weighted by Crippen LogP contribution is 2.39. The van der Waals surface area contributed by atoms with Crippen LogP contribution in [0.3, 0.4) is 0 Å². The molecule has 86 valence electrons. The lowest BCUT2D eigenvalue weighted by Gasteiger charge is -2.09. The average Bonchev–Trinajstić information content (AvgIpc) is 2.75. The van der Waals surface area contributed by atoms with Crippen LogP contribution in [0.25, 0.3) is 11.1 Å². The highest BCUT2D eigenvalue weighted by Gasteiger charge is 2.18. The van der Waals surface area contributed by atoms with Crippen molar-refractivity contribution in [3.8, 4) is 11.1 Å². The standard InChI is InChI=1S/C16H15Br/c1-2-16(17)13-8-7-12-9-11-5-3-4-6-14(11)15(12)10-13/h3-8,10,16H,2,9H2,1H3. The van der Waals surface area contributed by atoms with Gasteiger partial charge in [-0.15, -0.1) is 0 Å². The second-order valence-corrected chi connectivity index (χ2v) is 5.73. The third-order valence-corrected chi connectivity index (χ3v) is 4.72. The topological polar surface area (TPSA) is 0 Å². The summed E-state index contributed by atoms with van der Waals surface area (Å²) >= 11 is 3.73. The predicted octanol–water partition coefficient (Wildman–Crippen LogP) is 5.10. The van der Waals surface area contributed by atoms with Crippen LogP contribution in [0.15, 0.2) is 42.5 Å². The van der Waals surface area contributed by atoms with E-state index in [0.29, 0.717) is 4.83 Å². The van der Waals surface area contributed by atoms with Gasteiger partial charge >= 0.3 is 0 Å². The van der Waals surface area contributed by atoms with Gasteiger partial charge in [0.2, 0.25) is 0 Å². The maximum absolute atomic E-state index is 3.73. The van der Waals surface area contributed by atoms with Crippen molar-refractivity contribution >= 4 is 15.9 Å². The van der Waals surface area contributed by atoms with Gasteiger partial charge in [0.05, 0.1) is 0 Å². The van der Waals surface area contributed by atoms with Crippen LogP contribution in [0, 0.1) is 0 Å². The minimum Gasteiger partial charge on any atom is -0.0839 e. The lowest BCUT2D eigenvalue weighted by Crippen LogP contribution is -1.89. The van der Waals surface area contributed by atoms with Crippen LogP contribution in [0.2, 0.25) is 0 Å². The van der Waals surface area contributed by atoms with E-state index in [1.807, 2.05) is 0 Å². The number of fused-ring (bicyclic) bond motifs is 3. The molecule has 0 N–H and O–H groups in total. The number of benzene rings is 2. The lowest BCUT2D eigenvalue weighted by molar-refractivity contribution is 0.911. The van der Waals surface area contributed by atoms with Gasteiger partial charge in [0.1, 0.15) is 0 Å². The quantitative estimate of drug-likeness (QED) is 0.575. The van der Waals surface area contributed by atoms with Crippen molar-refractivity contribution in [2.45, 2.75) is 24.6 Å². The third-order valence-electron chi connectivity index (χ3n) is 3.54. The van der Waals surface area contributed by atoms with Gasteiger partial charge in [-0.25, -0.2) is 0 Å². The van der Waals surface area contributed by atoms with Gasteiger partial charge in [0.25, 0.3) is 0 Å². The Hall–Kier alpha value is -1.08. The third kappa shape index (κ3) is 1.83. The minimum atomic E-state index is 0.473. The largest absolute Gasteiger partial charge is 0.0839 e. The van der Waals surface area contributed by atoms with Crippen molar-refractivity contribution in [1.82, 2.24) is 0 Å². The average molecular weight is 287 g/mol. The molecular formula is C16H15Br. The van der Waals surface area contributed by atoms with E-state index in [9.17, 15) is 0 Å². The minimum absolute atomic E-state index is 0.473. The Balaban J connectivity index is 2.11. The molecule has 0 fully saturated rings. The molecule has 1 heteroatoms. The molecule has 0 aliphatic heterocycles. The van der Waals surface area contributed by atoms with E-state index in [0.717, 1.165) is 12.8 Å². The highest BCUT2D eigenvalue weighted by molar-refractivity contribution is 9.09. The summed E-state index contributed by atoms with van der Waals surface area (Å²) in [6.45, 7) is 2.21. The van der Waals surface area contributed by atoms with Crippen LogP contribution in [0.4, 0.5) is 0 Å². The fraction of sp³-hybridized carbons (Fsp3) is 0.250. The summed E-state index contributed by atoms with van der Waals surface area (Å²) < 4.78 is 0. The molecule has 0 amide bonds. The second-order valence-electron chi connectivity index (χ2n) is 4.63. The SMILES string of the molecule is CCC(Br)c1ccc2c(c1)-c1ccccc1C2. The molecule has 0 saturated carbocycles. The van der Waals surface area contributed by atoms with E-state index in [1.165, 1.54) is 27.8 Å². The zero-order valence-electron chi connectivity index (χ0n) is 9.91. The molecule has 0 nitrogen and oxygen atoms in total. The molecule has 1 unspecified atom stereocenters. The zero-order valence-corrected chi connectivity index (χ0v) is 11.5. The number of halogens is 1. The van der Waals surface area contributed by atoms with E-state index < -0.39 is 0 Å².